The first-order valence-electron chi connectivity index (χ1n) is 10.2. The van der Waals surface area contributed by atoms with Crippen LogP contribution in [0.4, 0.5) is 0 Å². The van der Waals surface area contributed by atoms with Gasteiger partial charge in [-0.2, -0.15) is 0 Å². The SMILES string of the molecule is CC(C)c1nc(C(C)C)c(C(C)C)c(/C(N)=N/OCCCS(=O)(=O)[O-])c1C(C)C. The van der Waals surface area contributed by atoms with Gasteiger partial charge in [-0.15, -0.1) is 0 Å². The lowest BCUT2D eigenvalue weighted by atomic mass is 9.82. The summed E-state index contributed by atoms with van der Waals surface area (Å²) in [6, 6.07) is 0. The molecule has 0 bridgehead atoms. The molecule has 0 aliphatic carbocycles. The Morgan fingerprint density at radius 3 is 1.76 bits per heavy atom. The van der Waals surface area contributed by atoms with Crippen molar-refractivity contribution in [1.82, 2.24) is 4.98 Å². The zero-order valence-corrected chi connectivity index (χ0v) is 19.8. The van der Waals surface area contributed by atoms with Crippen molar-refractivity contribution in [2.75, 3.05) is 12.4 Å². The Labute approximate surface area is 175 Å². The Kier molecular flexibility index (Phi) is 9.09. The minimum Gasteiger partial charge on any atom is -0.748 e. The lowest BCUT2D eigenvalue weighted by Gasteiger charge is -2.27. The number of nitrogens with zero attached hydrogens (tertiary/aromatic N) is 2. The van der Waals surface area contributed by atoms with Gasteiger partial charge in [0.05, 0.1) is 10.1 Å². The Morgan fingerprint density at radius 2 is 1.41 bits per heavy atom. The molecule has 1 heterocycles. The molecule has 0 amide bonds. The summed E-state index contributed by atoms with van der Waals surface area (Å²) in [6.45, 7) is 16.9. The molecule has 0 atom stereocenters. The molecule has 0 aliphatic rings. The molecule has 29 heavy (non-hydrogen) atoms. The Hall–Kier alpha value is -1.67. The summed E-state index contributed by atoms with van der Waals surface area (Å²) in [5.74, 6) is 0.595. The molecule has 1 aromatic rings. The topological polar surface area (TPSA) is 118 Å². The fourth-order valence-electron chi connectivity index (χ4n) is 3.44. The van der Waals surface area contributed by atoms with Gasteiger partial charge in [0.1, 0.15) is 6.61 Å². The molecule has 0 spiro atoms. The summed E-state index contributed by atoms with van der Waals surface area (Å²) in [5, 5.41) is 4.07. The minimum atomic E-state index is -4.26. The number of pyridine rings is 1. The van der Waals surface area contributed by atoms with Gasteiger partial charge in [-0.3, -0.25) is 4.98 Å². The molecule has 166 valence electrons. The van der Waals surface area contributed by atoms with Crippen molar-refractivity contribution in [3.8, 4) is 0 Å². The number of hydrogen-bond donors (Lipinski definition) is 1. The van der Waals surface area contributed by atoms with Crippen LogP contribution in [0.5, 0.6) is 0 Å². The Balaban J connectivity index is 3.52. The number of nitrogens with two attached hydrogens (primary N) is 1. The van der Waals surface area contributed by atoms with E-state index in [0.29, 0.717) is 0 Å². The molecule has 8 heteroatoms. The predicted octanol–water partition coefficient (Wildman–Crippen LogP) is 4.15. The van der Waals surface area contributed by atoms with Crippen molar-refractivity contribution in [2.45, 2.75) is 85.5 Å². The summed E-state index contributed by atoms with van der Waals surface area (Å²) < 4.78 is 32.1. The number of aromatic nitrogens is 1. The van der Waals surface area contributed by atoms with Crippen molar-refractivity contribution < 1.29 is 17.8 Å². The van der Waals surface area contributed by atoms with Crippen molar-refractivity contribution >= 4 is 16.0 Å². The van der Waals surface area contributed by atoms with Gasteiger partial charge in [0.25, 0.3) is 0 Å². The summed E-state index contributed by atoms with van der Waals surface area (Å²) in [6.07, 6.45) is 0.0710. The monoisotopic (exact) mass is 426 g/mol. The fourth-order valence-corrected chi connectivity index (χ4v) is 3.91. The number of amidine groups is 1. The van der Waals surface area contributed by atoms with E-state index in [1.54, 1.807) is 0 Å². The summed E-state index contributed by atoms with van der Waals surface area (Å²) in [4.78, 5) is 10.3. The lowest BCUT2D eigenvalue weighted by Crippen LogP contribution is -2.25. The minimum absolute atomic E-state index is 0.00928. The van der Waals surface area contributed by atoms with Gasteiger partial charge in [-0.1, -0.05) is 60.5 Å². The molecule has 0 radical (unpaired) electrons. The first-order chi connectivity index (χ1) is 13.3. The third-order valence-corrected chi connectivity index (χ3v) is 5.42. The van der Waals surface area contributed by atoms with E-state index in [2.05, 4.69) is 60.5 Å². The van der Waals surface area contributed by atoms with Gasteiger partial charge in [-0.05, 0) is 41.2 Å². The fraction of sp³-hybridized carbons (Fsp3) is 0.714. The second-order valence-corrected chi connectivity index (χ2v) is 10.2. The lowest BCUT2D eigenvalue weighted by molar-refractivity contribution is 0.145. The van der Waals surface area contributed by atoms with Gasteiger partial charge in [-0.25, -0.2) is 8.42 Å². The van der Waals surface area contributed by atoms with Crippen molar-refractivity contribution in [2.24, 2.45) is 10.9 Å². The van der Waals surface area contributed by atoms with Gasteiger partial charge >= 0.3 is 0 Å². The highest BCUT2D eigenvalue weighted by Gasteiger charge is 2.27. The maximum Gasteiger partial charge on any atom is 0.170 e. The van der Waals surface area contributed by atoms with Crippen LogP contribution in [-0.2, 0) is 15.0 Å². The summed E-state index contributed by atoms with van der Waals surface area (Å²) in [7, 11) is -4.26. The zero-order valence-electron chi connectivity index (χ0n) is 18.9. The van der Waals surface area contributed by atoms with E-state index in [1.807, 2.05) is 0 Å². The molecule has 0 saturated carbocycles. The van der Waals surface area contributed by atoms with E-state index in [4.69, 9.17) is 15.6 Å². The average Bonchev–Trinajstić information content (AvgIpc) is 2.57. The van der Waals surface area contributed by atoms with Crippen LogP contribution in [0.15, 0.2) is 5.16 Å². The molecule has 0 aliphatic heterocycles. The molecule has 1 rings (SSSR count). The quantitative estimate of drug-likeness (QED) is 0.197. The second kappa shape index (κ2) is 10.4. The second-order valence-electron chi connectivity index (χ2n) is 8.63. The molecule has 1 aromatic heterocycles. The summed E-state index contributed by atoms with van der Waals surface area (Å²) in [5.41, 5.74) is 11.4. The molecule has 0 saturated heterocycles. The maximum absolute atomic E-state index is 10.7. The third-order valence-electron chi connectivity index (χ3n) is 4.63. The Bertz CT molecular complexity index is 791. The van der Waals surface area contributed by atoms with Crippen molar-refractivity contribution in [3.63, 3.8) is 0 Å². The molecule has 0 aromatic carbocycles. The van der Waals surface area contributed by atoms with Gasteiger partial charge in [0.2, 0.25) is 0 Å². The predicted molar refractivity (Wildman–Crippen MR) is 116 cm³/mol. The number of rotatable bonds is 10. The van der Waals surface area contributed by atoms with Crippen LogP contribution in [0.2, 0.25) is 0 Å². The van der Waals surface area contributed by atoms with Crippen LogP contribution >= 0.6 is 0 Å². The van der Waals surface area contributed by atoms with E-state index >= 15 is 0 Å². The molecule has 0 fully saturated rings. The normalized spacial score (nSPS) is 13.2. The van der Waals surface area contributed by atoms with Crippen LogP contribution in [0.1, 0.15) is 114 Å². The highest BCUT2D eigenvalue weighted by molar-refractivity contribution is 7.85. The smallest absolute Gasteiger partial charge is 0.170 e. The summed E-state index contributed by atoms with van der Waals surface area (Å²) >= 11 is 0. The van der Waals surface area contributed by atoms with Crippen LogP contribution in [0.3, 0.4) is 0 Å². The van der Waals surface area contributed by atoms with E-state index in [0.717, 1.165) is 28.1 Å². The highest BCUT2D eigenvalue weighted by Crippen LogP contribution is 2.37. The number of oxime groups is 1. The molecule has 0 unspecified atom stereocenters. The third kappa shape index (κ3) is 6.96. The van der Waals surface area contributed by atoms with E-state index < -0.39 is 15.9 Å². The van der Waals surface area contributed by atoms with Gasteiger partial charge < -0.3 is 15.1 Å². The largest absolute Gasteiger partial charge is 0.748 e. The van der Waals surface area contributed by atoms with E-state index in [-0.39, 0.29) is 42.5 Å². The van der Waals surface area contributed by atoms with E-state index in [9.17, 15) is 13.0 Å². The van der Waals surface area contributed by atoms with Crippen molar-refractivity contribution in [1.29, 1.82) is 0 Å². The highest BCUT2D eigenvalue weighted by atomic mass is 32.2. The van der Waals surface area contributed by atoms with Gasteiger partial charge in [0, 0.05) is 22.7 Å². The van der Waals surface area contributed by atoms with Gasteiger partial charge in [0.15, 0.2) is 5.84 Å². The number of hydrogen-bond acceptors (Lipinski definition) is 6. The maximum atomic E-state index is 10.7. The first-order valence-corrected chi connectivity index (χ1v) is 11.8. The standard InChI is InChI=1S/C21H37N3O4S/c1-12(2)16-18(21(22)24-28-10-9-11-29(25,26)27)17(13(3)4)20(15(7)8)23-19(16)14(5)6/h12-15H,9-11H2,1-8H3,(H2,22,24)(H,25,26,27)/p-1. The van der Waals surface area contributed by atoms with E-state index in [1.165, 1.54) is 0 Å². The molecular weight excluding hydrogens is 390 g/mol. The molecular formula is C21H36N3O4S-. The zero-order chi connectivity index (χ0) is 22.5. The molecule has 7 nitrogen and oxygen atoms in total. The van der Waals surface area contributed by atoms with Crippen LogP contribution in [0.25, 0.3) is 0 Å². The molecule has 2 N–H and O–H groups in total. The van der Waals surface area contributed by atoms with Crippen molar-refractivity contribution in [3.05, 3.63) is 28.1 Å². The Morgan fingerprint density at radius 1 is 0.966 bits per heavy atom. The van der Waals surface area contributed by atoms with Crippen LogP contribution in [-0.4, -0.2) is 36.1 Å². The first kappa shape index (κ1) is 25.4. The van der Waals surface area contributed by atoms with Crippen LogP contribution < -0.4 is 5.73 Å². The average molecular weight is 427 g/mol. The van der Waals surface area contributed by atoms with Crippen LogP contribution in [0, 0.1) is 0 Å².